The van der Waals surface area contributed by atoms with Gasteiger partial charge in [0.05, 0.1) is 36.7 Å². The number of hydrogen-bond donors (Lipinski definition) is 2. The molecule has 1 amide bonds. The van der Waals surface area contributed by atoms with E-state index < -0.39 is 5.97 Å². The van der Waals surface area contributed by atoms with E-state index in [-0.39, 0.29) is 18.9 Å². The van der Waals surface area contributed by atoms with Crippen LogP contribution in [0.1, 0.15) is 29.4 Å². The first-order valence-corrected chi connectivity index (χ1v) is 7.28. The van der Waals surface area contributed by atoms with Gasteiger partial charge in [-0.2, -0.15) is 5.10 Å². The molecule has 0 spiro atoms. The second-order valence-corrected chi connectivity index (χ2v) is 4.87. The molecule has 0 aliphatic rings. The lowest BCUT2D eigenvalue weighted by Crippen LogP contribution is -2.26. The topological polar surface area (TPSA) is 93.5 Å². The van der Waals surface area contributed by atoms with Crippen LogP contribution in [0.3, 0.4) is 0 Å². The molecule has 7 nitrogen and oxygen atoms in total. The van der Waals surface area contributed by atoms with Gasteiger partial charge in [0, 0.05) is 6.54 Å². The first-order chi connectivity index (χ1) is 11.1. The van der Waals surface area contributed by atoms with Crippen LogP contribution in [0.4, 0.5) is 0 Å². The van der Waals surface area contributed by atoms with Crippen molar-refractivity contribution in [2.45, 2.75) is 19.8 Å². The van der Waals surface area contributed by atoms with E-state index in [4.69, 9.17) is 9.84 Å². The number of methoxy groups -OCH3 is 1. The van der Waals surface area contributed by atoms with Crippen LogP contribution in [0, 0.1) is 0 Å². The Morgan fingerprint density at radius 3 is 2.57 bits per heavy atom. The number of aliphatic carboxylic acids is 1. The van der Waals surface area contributed by atoms with Crippen molar-refractivity contribution in [3.8, 4) is 11.4 Å². The lowest BCUT2D eigenvalue weighted by atomic mass is 10.2. The monoisotopic (exact) mass is 317 g/mol. The number of hydrogen-bond acceptors (Lipinski definition) is 4. The fraction of sp³-hybridized carbons (Fsp3) is 0.312. The first kappa shape index (κ1) is 16.5. The van der Waals surface area contributed by atoms with Crippen molar-refractivity contribution in [1.82, 2.24) is 15.1 Å². The maximum absolute atomic E-state index is 12.2. The van der Waals surface area contributed by atoms with E-state index in [2.05, 4.69) is 10.4 Å². The molecule has 1 aromatic carbocycles. The van der Waals surface area contributed by atoms with E-state index in [1.807, 2.05) is 31.2 Å². The van der Waals surface area contributed by atoms with Crippen LogP contribution in [-0.2, 0) is 11.2 Å². The minimum absolute atomic E-state index is 0.0883. The molecular weight excluding hydrogens is 298 g/mol. The van der Waals surface area contributed by atoms with E-state index in [0.717, 1.165) is 17.1 Å². The third-order valence-electron chi connectivity index (χ3n) is 3.39. The maximum atomic E-state index is 12.2. The second-order valence-electron chi connectivity index (χ2n) is 4.87. The van der Waals surface area contributed by atoms with Crippen molar-refractivity contribution < 1.29 is 19.4 Å². The predicted molar refractivity (Wildman–Crippen MR) is 84.1 cm³/mol. The highest BCUT2D eigenvalue weighted by Gasteiger charge is 2.17. The number of carboxylic acids is 1. The Hall–Kier alpha value is -2.83. The summed E-state index contributed by atoms with van der Waals surface area (Å²) >= 11 is 0. The number of carboxylic acid groups (broad SMARTS) is 1. The average molecular weight is 317 g/mol. The van der Waals surface area contributed by atoms with Gasteiger partial charge in [-0.1, -0.05) is 6.92 Å². The SMILES string of the molecule is CCc1c(C(=O)NCCC(=O)O)cnn1-c1ccc(OC)cc1. The summed E-state index contributed by atoms with van der Waals surface area (Å²) in [6, 6.07) is 7.36. The molecule has 0 radical (unpaired) electrons. The van der Waals surface area contributed by atoms with E-state index in [1.54, 1.807) is 11.8 Å². The maximum Gasteiger partial charge on any atom is 0.305 e. The molecule has 7 heteroatoms. The summed E-state index contributed by atoms with van der Waals surface area (Å²) in [5.41, 5.74) is 2.05. The first-order valence-electron chi connectivity index (χ1n) is 7.28. The molecule has 1 aromatic heterocycles. The van der Waals surface area contributed by atoms with Crippen molar-refractivity contribution in [1.29, 1.82) is 0 Å². The standard InChI is InChI=1S/C16H19N3O4/c1-3-14-13(16(22)17-9-8-15(20)21)10-18-19(14)11-4-6-12(23-2)7-5-11/h4-7,10H,3,8-9H2,1-2H3,(H,17,22)(H,20,21). The Morgan fingerprint density at radius 1 is 1.30 bits per heavy atom. The normalized spacial score (nSPS) is 10.3. The van der Waals surface area contributed by atoms with Crippen molar-refractivity contribution in [3.05, 3.63) is 41.7 Å². The Morgan fingerprint density at radius 2 is 2.00 bits per heavy atom. The lowest BCUT2D eigenvalue weighted by molar-refractivity contribution is -0.136. The zero-order valence-corrected chi connectivity index (χ0v) is 13.1. The number of rotatable bonds is 7. The van der Waals surface area contributed by atoms with Gasteiger partial charge >= 0.3 is 5.97 Å². The number of ether oxygens (including phenoxy) is 1. The highest BCUT2D eigenvalue weighted by atomic mass is 16.5. The minimum Gasteiger partial charge on any atom is -0.497 e. The summed E-state index contributed by atoms with van der Waals surface area (Å²) in [4.78, 5) is 22.7. The number of amides is 1. The molecule has 0 aliphatic carbocycles. The van der Waals surface area contributed by atoms with Gasteiger partial charge in [0.1, 0.15) is 5.75 Å². The van der Waals surface area contributed by atoms with Gasteiger partial charge < -0.3 is 15.2 Å². The fourth-order valence-corrected chi connectivity index (χ4v) is 2.23. The molecule has 0 unspecified atom stereocenters. The largest absolute Gasteiger partial charge is 0.497 e. The molecule has 0 aliphatic heterocycles. The highest BCUT2D eigenvalue weighted by Crippen LogP contribution is 2.18. The fourth-order valence-electron chi connectivity index (χ4n) is 2.23. The van der Waals surface area contributed by atoms with E-state index in [9.17, 15) is 9.59 Å². The molecule has 23 heavy (non-hydrogen) atoms. The molecule has 2 rings (SSSR count). The Labute approximate surface area is 133 Å². The number of nitrogens with zero attached hydrogens (tertiary/aromatic N) is 2. The van der Waals surface area contributed by atoms with Gasteiger partial charge in [0.2, 0.25) is 0 Å². The third-order valence-corrected chi connectivity index (χ3v) is 3.39. The molecule has 0 bridgehead atoms. The number of nitrogens with one attached hydrogen (secondary N) is 1. The van der Waals surface area contributed by atoms with Gasteiger partial charge in [0.25, 0.3) is 5.91 Å². The van der Waals surface area contributed by atoms with E-state index in [0.29, 0.717) is 12.0 Å². The molecule has 2 N–H and O–H groups in total. The average Bonchev–Trinajstić information content (AvgIpc) is 2.98. The summed E-state index contributed by atoms with van der Waals surface area (Å²) in [7, 11) is 1.60. The summed E-state index contributed by atoms with van der Waals surface area (Å²) in [6.07, 6.45) is 2.01. The Balaban J connectivity index is 2.21. The summed E-state index contributed by atoms with van der Waals surface area (Å²) in [5.74, 6) is -0.525. The number of aromatic nitrogens is 2. The number of benzene rings is 1. The minimum atomic E-state index is -0.949. The summed E-state index contributed by atoms with van der Waals surface area (Å²) in [5, 5.41) is 15.5. The smallest absolute Gasteiger partial charge is 0.305 e. The van der Waals surface area contributed by atoms with Gasteiger partial charge in [0.15, 0.2) is 0 Å². The molecular formula is C16H19N3O4. The van der Waals surface area contributed by atoms with Crippen molar-refractivity contribution in [2.24, 2.45) is 0 Å². The molecule has 0 fully saturated rings. The molecule has 2 aromatic rings. The van der Waals surface area contributed by atoms with Crippen LogP contribution in [0.2, 0.25) is 0 Å². The van der Waals surface area contributed by atoms with Gasteiger partial charge in [-0.15, -0.1) is 0 Å². The molecule has 0 saturated carbocycles. The predicted octanol–water partition coefficient (Wildman–Crippen LogP) is 1.65. The van der Waals surface area contributed by atoms with Crippen LogP contribution in [0.25, 0.3) is 5.69 Å². The third kappa shape index (κ3) is 3.88. The summed E-state index contributed by atoms with van der Waals surface area (Å²) < 4.78 is 6.83. The van der Waals surface area contributed by atoms with Gasteiger partial charge in [-0.25, -0.2) is 4.68 Å². The number of carbonyl (C=O) groups excluding carboxylic acids is 1. The van der Waals surface area contributed by atoms with Gasteiger partial charge in [-0.05, 0) is 30.7 Å². The molecule has 0 atom stereocenters. The zero-order chi connectivity index (χ0) is 16.8. The van der Waals surface area contributed by atoms with Crippen LogP contribution in [0.5, 0.6) is 5.75 Å². The van der Waals surface area contributed by atoms with Crippen LogP contribution < -0.4 is 10.1 Å². The highest BCUT2D eigenvalue weighted by molar-refractivity contribution is 5.95. The van der Waals surface area contributed by atoms with Crippen molar-refractivity contribution >= 4 is 11.9 Å². The zero-order valence-electron chi connectivity index (χ0n) is 13.1. The lowest BCUT2D eigenvalue weighted by Gasteiger charge is -2.09. The van der Waals surface area contributed by atoms with Crippen LogP contribution >= 0.6 is 0 Å². The van der Waals surface area contributed by atoms with Crippen LogP contribution in [0.15, 0.2) is 30.5 Å². The van der Waals surface area contributed by atoms with Gasteiger partial charge in [-0.3, -0.25) is 9.59 Å². The molecule has 0 saturated heterocycles. The molecule has 1 heterocycles. The van der Waals surface area contributed by atoms with Crippen LogP contribution in [-0.4, -0.2) is 40.4 Å². The quantitative estimate of drug-likeness (QED) is 0.810. The number of carbonyl (C=O) groups is 2. The Bertz CT molecular complexity index is 692. The van der Waals surface area contributed by atoms with E-state index >= 15 is 0 Å². The second kappa shape index (κ2) is 7.44. The Kier molecular flexibility index (Phi) is 5.35. The summed E-state index contributed by atoms with van der Waals surface area (Å²) in [6.45, 7) is 2.02. The van der Waals surface area contributed by atoms with Crippen molar-refractivity contribution in [2.75, 3.05) is 13.7 Å². The van der Waals surface area contributed by atoms with E-state index in [1.165, 1.54) is 6.20 Å². The molecule has 122 valence electrons. The van der Waals surface area contributed by atoms with Crippen molar-refractivity contribution in [3.63, 3.8) is 0 Å².